The zero-order valence-electron chi connectivity index (χ0n) is 9.64. The Hall–Kier alpha value is -1.72. The van der Waals surface area contributed by atoms with Gasteiger partial charge in [-0.1, -0.05) is 6.08 Å². The molecule has 88 valence electrons. The summed E-state index contributed by atoms with van der Waals surface area (Å²) in [4.78, 5) is 16.7. The van der Waals surface area contributed by atoms with Gasteiger partial charge in [0.2, 0.25) is 0 Å². The molecule has 0 radical (unpaired) electrons. The van der Waals surface area contributed by atoms with E-state index in [0.29, 0.717) is 0 Å². The molecule has 0 fully saturated rings. The van der Waals surface area contributed by atoms with Gasteiger partial charge >= 0.3 is 6.16 Å². The van der Waals surface area contributed by atoms with Gasteiger partial charge in [0.15, 0.2) is 5.96 Å². The second-order valence-corrected chi connectivity index (χ2v) is 2.87. The number of likely N-dealkylation sites (N-methyl/N-ethyl adjacent to an activating group) is 1. The van der Waals surface area contributed by atoms with Crippen molar-refractivity contribution in [1.82, 2.24) is 9.80 Å². The van der Waals surface area contributed by atoms with Crippen molar-refractivity contribution in [2.75, 3.05) is 34.7 Å². The number of guanidine groups is 1. The van der Waals surface area contributed by atoms with Crippen LogP contribution in [0.4, 0.5) is 4.79 Å². The molecule has 0 aromatic heterocycles. The third-order valence-corrected chi connectivity index (χ3v) is 1.34. The minimum Gasteiger partial charge on any atom is -0.450 e. The summed E-state index contributed by atoms with van der Waals surface area (Å²) in [6, 6.07) is 0. The number of rotatable bonds is 2. The van der Waals surface area contributed by atoms with Crippen LogP contribution in [-0.4, -0.2) is 66.9 Å². The Kier molecular flexibility index (Phi) is 9.30. The first-order valence-electron chi connectivity index (χ1n) is 4.24. The lowest BCUT2D eigenvalue weighted by Gasteiger charge is -2.24. The van der Waals surface area contributed by atoms with Crippen molar-refractivity contribution in [3.63, 3.8) is 0 Å². The average Bonchev–Trinajstić information content (AvgIpc) is 2.03. The lowest BCUT2D eigenvalue weighted by molar-refractivity contribution is 0.137. The molecule has 0 saturated heterocycles. The second-order valence-electron chi connectivity index (χ2n) is 2.87. The summed E-state index contributed by atoms with van der Waals surface area (Å²) in [7, 11) is 7.72. The van der Waals surface area contributed by atoms with E-state index in [1.54, 1.807) is 7.05 Å². The highest BCUT2D eigenvalue weighted by Gasteiger charge is 2.04. The summed E-state index contributed by atoms with van der Waals surface area (Å²) in [5.41, 5.74) is 0. The SMILES string of the molecule is C=CCN(C)C(=NC)N(C)C.O=C(O)O. The highest BCUT2D eigenvalue weighted by Crippen LogP contribution is 1.90. The minimum atomic E-state index is -1.83. The van der Waals surface area contributed by atoms with E-state index in [4.69, 9.17) is 15.0 Å². The van der Waals surface area contributed by atoms with Gasteiger partial charge in [-0.3, -0.25) is 4.99 Å². The van der Waals surface area contributed by atoms with Crippen LogP contribution in [0, 0.1) is 0 Å². The van der Waals surface area contributed by atoms with Gasteiger partial charge in [0.05, 0.1) is 0 Å². The highest BCUT2D eigenvalue weighted by atomic mass is 16.6. The molecule has 0 saturated carbocycles. The van der Waals surface area contributed by atoms with Crippen LogP contribution in [0.25, 0.3) is 0 Å². The molecule has 0 aliphatic heterocycles. The number of carboxylic acid groups (broad SMARTS) is 2. The van der Waals surface area contributed by atoms with Crippen molar-refractivity contribution in [1.29, 1.82) is 0 Å². The van der Waals surface area contributed by atoms with Gasteiger partial charge in [-0.25, -0.2) is 4.79 Å². The molecule has 6 heteroatoms. The fourth-order valence-electron chi connectivity index (χ4n) is 0.987. The van der Waals surface area contributed by atoms with Crippen LogP contribution < -0.4 is 0 Å². The van der Waals surface area contributed by atoms with Crippen molar-refractivity contribution in [3.8, 4) is 0 Å². The molecule has 0 atom stereocenters. The van der Waals surface area contributed by atoms with E-state index >= 15 is 0 Å². The van der Waals surface area contributed by atoms with Crippen LogP contribution in [-0.2, 0) is 0 Å². The van der Waals surface area contributed by atoms with Gasteiger partial charge in [-0.2, -0.15) is 0 Å². The first-order valence-corrected chi connectivity index (χ1v) is 4.24. The summed E-state index contributed by atoms with van der Waals surface area (Å²) in [6.45, 7) is 4.49. The molecule has 0 amide bonds. The molecule has 0 heterocycles. The average molecular weight is 217 g/mol. The Bertz CT molecular complexity index is 223. The number of aliphatic imine (C=N–C) groups is 1. The zero-order valence-corrected chi connectivity index (χ0v) is 9.64. The van der Waals surface area contributed by atoms with Gasteiger partial charge in [-0.15, -0.1) is 6.58 Å². The van der Waals surface area contributed by atoms with E-state index in [9.17, 15) is 0 Å². The predicted molar refractivity (Wildman–Crippen MR) is 60.5 cm³/mol. The predicted octanol–water partition coefficient (Wildman–Crippen LogP) is 0.874. The molecule has 0 aromatic rings. The van der Waals surface area contributed by atoms with Crippen molar-refractivity contribution < 1.29 is 15.0 Å². The van der Waals surface area contributed by atoms with Gasteiger partial charge in [0.1, 0.15) is 0 Å². The largest absolute Gasteiger partial charge is 0.503 e. The van der Waals surface area contributed by atoms with Gasteiger partial charge in [-0.05, 0) is 0 Å². The molecule has 15 heavy (non-hydrogen) atoms. The van der Waals surface area contributed by atoms with Crippen molar-refractivity contribution in [3.05, 3.63) is 12.7 Å². The summed E-state index contributed by atoms with van der Waals surface area (Å²) in [5.74, 6) is 0.963. The molecular formula is C9H19N3O3. The van der Waals surface area contributed by atoms with E-state index in [1.807, 2.05) is 37.0 Å². The fraction of sp³-hybridized carbons (Fsp3) is 0.556. The van der Waals surface area contributed by atoms with Crippen LogP contribution in [0.3, 0.4) is 0 Å². The fourth-order valence-corrected chi connectivity index (χ4v) is 0.987. The van der Waals surface area contributed by atoms with E-state index in [0.717, 1.165) is 12.5 Å². The maximum atomic E-state index is 8.56. The second kappa shape index (κ2) is 8.86. The lowest BCUT2D eigenvalue weighted by atomic mass is 10.5. The molecule has 2 N–H and O–H groups in total. The van der Waals surface area contributed by atoms with Crippen LogP contribution >= 0.6 is 0 Å². The Balaban J connectivity index is 0. The maximum Gasteiger partial charge on any atom is 0.503 e. The third-order valence-electron chi connectivity index (χ3n) is 1.34. The molecule has 0 aromatic carbocycles. The van der Waals surface area contributed by atoms with Gasteiger partial charge < -0.3 is 20.0 Å². The topological polar surface area (TPSA) is 76.4 Å². The molecule has 0 spiro atoms. The van der Waals surface area contributed by atoms with Crippen LogP contribution in [0.5, 0.6) is 0 Å². The van der Waals surface area contributed by atoms with Crippen molar-refractivity contribution in [2.24, 2.45) is 4.99 Å². The number of hydrogen-bond donors (Lipinski definition) is 2. The Morgan fingerprint density at radius 2 is 1.80 bits per heavy atom. The number of nitrogens with zero attached hydrogens (tertiary/aromatic N) is 3. The molecule has 0 aliphatic carbocycles. The molecule has 0 bridgehead atoms. The third kappa shape index (κ3) is 10.2. The van der Waals surface area contributed by atoms with Gasteiger partial charge in [0.25, 0.3) is 0 Å². The lowest BCUT2D eigenvalue weighted by Crippen LogP contribution is -2.37. The quantitative estimate of drug-likeness (QED) is 0.408. The Labute approximate surface area is 90.1 Å². The van der Waals surface area contributed by atoms with Crippen molar-refractivity contribution in [2.45, 2.75) is 0 Å². The van der Waals surface area contributed by atoms with Crippen LogP contribution in [0.15, 0.2) is 17.6 Å². The van der Waals surface area contributed by atoms with Crippen LogP contribution in [0.2, 0.25) is 0 Å². The first kappa shape index (κ1) is 15.7. The Morgan fingerprint density at radius 1 is 1.40 bits per heavy atom. The number of hydrogen-bond acceptors (Lipinski definition) is 2. The minimum absolute atomic E-state index is 0.824. The van der Waals surface area contributed by atoms with Gasteiger partial charge in [0, 0.05) is 34.7 Å². The standard InChI is InChI=1S/C8H17N3.CH2O3/c1-6-7-11(5)8(9-2)10(3)4;2-1(3)4/h6H,1,7H2,2-5H3;(H2,2,3,4). The molecular weight excluding hydrogens is 198 g/mol. The molecule has 6 nitrogen and oxygen atoms in total. The molecule has 0 rings (SSSR count). The summed E-state index contributed by atoms with van der Waals surface area (Å²) in [6.07, 6.45) is 0.0225. The monoisotopic (exact) mass is 217 g/mol. The van der Waals surface area contributed by atoms with E-state index in [1.165, 1.54) is 0 Å². The zero-order chi connectivity index (χ0) is 12.4. The van der Waals surface area contributed by atoms with E-state index < -0.39 is 6.16 Å². The normalized spacial score (nSPS) is 9.73. The summed E-state index contributed by atoms with van der Waals surface area (Å²) < 4.78 is 0. The summed E-state index contributed by atoms with van der Waals surface area (Å²) in [5, 5.41) is 13.9. The maximum absolute atomic E-state index is 8.56. The first-order chi connectivity index (χ1) is 6.86. The Morgan fingerprint density at radius 3 is 2.00 bits per heavy atom. The van der Waals surface area contributed by atoms with E-state index in [-0.39, 0.29) is 0 Å². The van der Waals surface area contributed by atoms with E-state index in [2.05, 4.69) is 11.6 Å². The smallest absolute Gasteiger partial charge is 0.450 e. The van der Waals surface area contributed by atoms with Crippen molar-refractivity contribution >= 4 is 12.1 Å². The van der Waals surface area contributed by atoms with Crippen LogP contribution in [0.1, 0.15) is 0 Å². The highest BCUT2D eigenvalue weighted by molar-refractivity contribution is 5.79. The summed E-state index contributed by atoms with van der Waals surface area (Å²) >= 11 is 0. The molecule has 0 unspecified atom stereocenters. The molecule has 0 aliphatic rings. The number of carbonyl (C=O) groups is 1.